The summed E-state index contributed by atoms with van der Waals surface area (Å²) in [5.74, 6) is 0. The molecular weight excluding hydrogens is 937 g/mol. The van der Waals surface area contributed by atoms with Gasteiger partial charge in [-0.05, 0) is 162 Å². The van der Waals surface area contributed by atoms with Gasteiger partial charge in [0.2, 0.25) is 0 Å². The largest absolute Gasteiger partial charge is 0.456 e. The molecule has 0 radical (unpaired) electrons. The summed E-state index contributed by atoms with van der Waals surface area (Å²) < 4.78 is 12.8. The van der Waals surface area contributed by atoms with Crippen molar-refractivity contribution >= 4 is 110 Å². The standard InChI is InChI=1S/C73H44N2O2/c1-3-19-45(20-4-1)74(48-36-39-68-60(42-48)54-27-13-17-33-66(54)76-68)47-35-38-58-59(41-47)50-23-7-9-29-56(50)70-62-44-65(75(46-21-5-2-6-22-46)49-37-40-69-61(43-49)55-28-14-18-34-67(55)77-69)53-26-8-10-30-57(53)71(62)73(72(58)70)63-31-15-11-24-51(63)52-25-12-16-32-64(52)73/h1-44H. The van der Waals surface area contributed by atoms with Crippen LogP contribution in [0, 0.1) is 0 Å². The molecule has 0 N–H and O–H groups in total. The Balaban J connectivity index is 0.988. The molecule has 77 heavy (non-hydrogen) atoms. The molecule has 0 unspecified atom stereocenters. The monoisotopic (exact) mass is 980 g/mol. The van der Waals surface area contributed by atoms with Crippen molar-refractivity contribution in [3.63, 3.8) is 0 Å². The number of anilines is 6. The van der Waals surface area contributed by atoms with Crippen LogP contribution in [0.15, 0.2) is 276 Å². The molecule has 358 valence electrons. The summed E-state index contributed by atoms with van der Waals surface area (Å²) in [6, 6.07) is 98.0. The van der Waals surface area contributed by atoms with E-state index in [-0.39, 0.29) is 0 Å². The van der Waals surface area contributed by atoms with Gasteiger partial charge >= 0.3 is 0 Å². The highest BCUT2D eigenvalue weighted by Crippen LogP contribution is 2.67. The first-order valence-electron chi connectivity index (χ1n) is 26.5. The van der Waals surface area contributed by atoms with Gasteiger partial charge in [-0.1, -0.05) is 176 Å². The molecular formula is C73H44N2O2. The molecule has 0 saturated heterocycles. The molecule has 2 aliphatic carbocycles. The van der Waals surface area contributed by atoms with Crippen LogP contribution in [-0.4, -0.2) is 0 Å². The van der Waals surface area contributed by atoms with Gasteiger partial charge in [0.15, 0.2) is 0 Å². The molecule has 15 aromatic rings. The number of para-hydroxylation sites is 4. The molecule has 0 aliphatic heterocycles. The maximum atomic E-state index is 6.42. The molecule has 2 aromatic heterocycles. The van der Waals surface area contributed by atoms with Crippen LogP contribution in [0.4, 0.5) is 34.1 Å². The maximum absolute atomic E-state index is 6.42. The first kappa shape index (κ1) is 42.2. The van der Waals surface area contributed by atoms with Gasteiger partial charge in [-0.3, -0.25) is 0 Å². The number of hydrogen-bond acceptors (Lipinski definition) is 4. The van der Waals surface area contributed by atoms with Gasteiger partial charge in [0.05, 0.1) is 11.1 Å². The van der Waals surface area contributed by atoms with Gasteiger partial charge in [0, 0.05) is 55.4 Å². The van der Waals surface area contributed by atoms with Crippen LogP contribution >= 0.6 is 0 Å². The van der Waals surface area contributed by atoms with E-state index in [1.165, 1.54) is 76.8 Å². The Morgan fingerprint density at radius 1 is 0.247 bits per heavy atom. The zero-order valence-electron chi connectivity index (χ0n) is 41.6. The minimum atomic E-state index is -0.668. The highest BCUT2D eigenvalue weighted by atomic mass is 16.3. The predicted molar refractivity (Wildman–Crippen MR) is 319 cm³/mol. The first-order valence-corrected chi connectivity index (χ1v) is 26.5. The van der Waals surface area contributed by atoms with Crippen molar-refractivity contribution in [1.29, 1.82) is 0 Å². The van der Waals surface area contributed by atoms with Gasteiger partial charge in [0.25, 0.3) is 0 Å². The Hall–Kier alpha value is -10.2. The molecule has 1 spiro atoms. The third-order valence-electron chi connectivity index (χ3n) is 16.8. The van der Waals surface area contributed by atoms with Gasteiger partial charge in [-0.15, -0.1) is 0 Å². The van der Waals surface area contributed by atoms with E-state index in [4.69, 9.17) is 8.83 Å². The number of furan rings is 2. The predicted octanol–water partition coefficient (Wildman–Crippen LogP) is 20.2. The van der Waals surface area contributed by atoms with Crippen LogP contribution in [0.1, 0.15) is 22.3 Å². The molecule has 0 bridgehead atoms. The number of benzene rings is 13. The molecule has 2 heterocycles. The maximum Gasteiger partial charge on any atom is 0.135 e. The number of hydrogen-bond donors (Lipinski definition) is 0. The molecule has 17 rings (SSSR count). The third-order valence-corrected chi connectivity index (χ3v) is 16.8. The molecule has 0 fully saturated rings. The van der Waals surface area contributed by atoms with E-state index in [0.29, 0.717) is 0 Å². The Bertz CT molecular complexity index is 4910. The minimum absolute atomic E-state index is 0.668. The SMILES string of the molecule is c1ccc(N(c2ccc3oc4ccccc4c3c2)c2ccc3c4c(c5ccccc5c3c2)-c2cc(N(c3ccccc3)c3ccc5oc6ccccc6c5c3)c3ccccc3c2C42c3ccccc3-c3ccccc32)cc1. The van der Waals surface area contributed by atoms with Crippen LogP contribution in [-0.2, 0) is 5.41 Å². The van der Waals surface area contributed by atoms with Crippen LogP contribution in [0.2, 0.25) is 0 Å². The van der Waals surface area contributed by atoms with E-state index in [2.05, 4.69) is 265 Å². The van der Waals surface area contributed by atoms with E-state index < -0.39 is 5.41 Å². The Morgan fingerprint density at radius 3 is 1.29 bits per heavy atom. The van der Waals surface area contributed by atoms with Crippen molar-refractivity contribution in [2.24, 2.45) is 0 Å². The molecule has 13 aromatic carbocycles. The summed E-state index contributed by atoms with van der Waals surface area (Å²) in [5, 5.41) is 11.7. The van der Waals surface area contributed by atoms with Crippen LogP contribution in [0.5, 0.6) is 0 Å². The Labute approximate surface area is 443 Å². The van der Waals surface area contributed by atoms with Crippen molar-refractivity contribution in [2.45, 2.75) is 5.41 Å². The fourth-order valence-corrected chi connectivity index (χ4v) is 13.8. The second-order valence-electron chi connectivity index (χ2n) is 20.6. The lowest BCUT2D eigenvalue weighted by atomic mass is 9.68. The minimum Gasteiger partial charge on any atom is -0.456 e. The van der Waals surface area contributed by atoms with Crippen molar-refractivity contribution in [3.05, 3.63) is 289 Å². The fraction of sp³-hybridized carbons (Fsp3) is 0.0137. The summed E-state index contributed by atoms with van der Waals surface area (Å²) in [5.41, 5.74) is 19.6. The van der Waals surface area contributed by atoms with Crippen molar-refractivity contribution in [2.75, 3.05) is 9.80 Å². The van der Waals surface area contributed by atoms with Gasteiger partial charge in [-0.25, -0.2) is 0 Å². The lowest BCUT2D eigenvalue weighted by molar-refractivity contribution is 0.668. The zero-order valence-corrected chi connectivity index (χ0v) is 41.6. The van der Waals surface area contributed by atoms with E-state index in [1.807, 2.05) is 12.1 Å². The lowest BCUT2D eigenvalue weighted by Gasteiger charge is -2.34. The highest BCUT2D eigenvalue weighted by Gasteiger charge is 2.54. The molecule has 2 aliphatic rings. The molecule has 0 atom stereocenters. The quantitative estimate of drug-likeness (QED) is 0.155. The number of rotatable bonds is 6. The smallest absolute Gasteiger partial charge is 0.135 e. The molecule has 0 amide bonds. The van der Waals surface area contributed by atoms with Gasteiger partial charge in [-0.2, -0.15) is 0 Å². The summed E-state index contributed by atoms with van der Waals surface area (Å²) in [6.45, 7) is 0. The second kappa shape index (κ2) is 15.9. The lowest BCUT2D eigenvalue weighted by Crippen LogP contribution is -2.26. The normalized spacial score (nSPS) is 13.0. The van der Waals surface area contributed by atoms with E-state index in [9.17, 15) is 0 Å². The first-order chi connectivity index (χ1) is 38.2. The summed E-state index contributed by atoms with van der Waals surface area (Å²) >= 11 is 0. The summed E-state index contributed by atoms with van der Waals surface area (Å²) in [7, 11) is 0. The van der Waals surface area contributed by atoms with Crippen molar-refractivity contribution < 1.29 is 8.83 Å². The van der Waals surface area contributed by atoms with E-state index in [0.717, 1.165) is 78.0 Å². The topological polar surface area (TPSA) is 32.8 Å². The van der Waals surface area contributed by atoms with E-state index >= 15 is 0 Å². The average molecular weight is 981 g/mol. The summed E-state index contributed by atoms with van der Waals surface area (Å²) in [6.07, 6.45) is 0. The third kappa shape index (κ3) is 5.81. The van der Waals surface area contributed by atoms with Crippen molar-refractivity contribution in [3.8, 4) is 22.3 Å². The number of fused-ring (bicyclic) bond motifs is 23. The Morgan fingerprint density at radius 2 is 0.675 bits per heavy atom. The van der Waals surface area contributed by atoms with Gasteiger partial charge < -0.3 is 18.6 Å². The Kier molecular flexibility index (Phi) is 8.73. The second-order valence-corrected chi connectivity index (χ2v) is 20.6. The van der Waals surface area contributed by atoms with Crippen LogP contribution in [0.25, 0.3) is 98.4 Å². The zero-order chi connectivity index (χ0) is 50.3. The van der Waals surface area contributed by atoms with Crippen LogP contribution < -0.4 is 9.80 Å². The average Bonchev–Trinajstić information content (AvgIpc) is 3.20. The highest BCUT2D eigenvalue weighted by molar-refractivity contribution is 6.23. The van der Waals surface area contributed by atoms with Crippen LogP contribution in [0.3, 0.4) is 0 Å². The fourth-order valence-electron chi connectivity index (χ4n) is 13.8. The van der Waals surface area contributed by atoms with Crippen molar-refractivity contribution in [1.82, 2.24) is 0 Å². The molecule has 4 nitrogen and oxygen atoms in total. The summed E-state index contributed by atoms with van der Waals surface area (Å²) in [4.78, 5) is 4.86. The number of nitrogens with zero attached hydrogens (tertiary/aromatic N) is 2. The molecule has 4 heteroatoms. The van der Waals surface area contributed by atoms with Gasteiger partial charge in [0.1, 0.15) is 22.3 Å². The molecule has 0 saturated carbocycles. The van der Waals surface area contributed by atoms with E-state index in [1.54, 1.807) is 0 Å².